The molecule has 0 saturated heterocycles. The standard InChI is InChI=1S/C15H20N2O6/c1-2-3-13(19)16(12-18)6-8-22-10-11-23-9-7-17-14(20)4-5-15(17)21/h2-5,12H,6-11H2,1H3/b3-2-. The predicted octanol–water partition coefficient (Wildman–Crippen LogP) is -0.494. The Morgan fingerprint density at radius 2 is 1.74 bits per heavy atom. The van der Waals surface area contributed by atoms with Gasteiger partial charge in [-0.2, -0.15) is 0 Å². The quantitative estimate of drug-likeness (QED) is 0.220. The zero-order valence-corrected chi connectivity index (χ0v) is 13.0. The predicted molar refractivity (Wildman–Crippen MR) is 80.1 cm³/mol. The Labute approximate surface area is 134 Å². The van der Waals surface area contributed by atoms with Crippen molar-refractivity contribution < 1.29 is 28.7 Å². The summed E-state index contributed by atoms with van der Waals surface area (Å²) in [6.45, 7) is 3.05. The highest BCUT2D eigenvalue weighted by molar-refractivity contribution is 6.12. The first-order chi connectivity index (χ1) is 11.1. The summed E-state index contributed by atoms with van der Waals surface area (Å²) in [7, 11) is 0. The molecule has 0 bridgehead atoms. The Morgan fingerprint density at radius 1 is 1.13 bits per heavy atom. The van der Waals surface area contributed by atoms with Crippen LogP contribution in [0, 0.1) is 0 Å². The minimum absolute atomic E-state index is 0.162. The van der Waals surface area contributed by atoms with E-state index in [9.17, 15) is 19.2 Å². The summed E-state index contributed by atoms with van der Waals surface area (Å²) in [5.41, 5.74) is 0. The van der Waals surface area contributed by atoms with Gasteiger partial charge in [0.1, 0.15) is 0 Å². The SMILES string of the molecule is C/C=C\C(=O)N(C=O)CCOCCOCCN1C(=O)C=CC1=O. The zero-order chi connectivity index (χ0) is 17.1. The van der Waals surface area contributed by atoms with Gasteiger partial charge >= 0.3 is 0 Å². The Bertz CT molecular complexity index is 482. The van der Waals surface area contributed by atoms with E-state index >= 15 is 0 Å². The van der Waals surface area contributed by atoms with E-state index in [2.05, 4.69) is 0 Å². The summed E-state index contributed by atoms with van der Waals surface area (Å²) in [4.78, 5) is 46.8. The fourth-order valence-corrected chi connectivity index (χ4v) is 1.75. The highest BCUT2D eigenvalue weighted by Crippen LogP contribution is 2.02. The molecule has 0 aromatic rings. The number of allylic oxidation sites excluding steroid dienone is 1. The van der Waals surface area contributed by atoms with Gasteiger partial charge in [-0.1, -0.05) is 6.08 Å². The maximum absolute atomic E-state index is 11.4. The van der Waals surface area contributed by atoms with Crippen LogP contribution in [0.3, 0.4) is 0 Å². The molecule has 0 unspecified atom stereocenters. The molecule has 23 heavy (non-hydrogen) atoms. The second-order valence-corrected chi connectivity index (χ2v) is 4.52. The van der Waals surface area contributed by atoms with E-state index in [4.69, 9.17) is 9.47 Å². The number of imide groups is 2. The number of ether oxygens (including phenoxy) is 2. The van der Waals surface area contributed by atoms with Crippen LogP contribution in [0.25, 0.3) is 0 Å². The van der Waals surface area contributed by atoms with E-state index in [1.165, 1.54) is 18.2 Å². The van der Waals surface area contributed by atoms with Gasteiger partial charge in [0, 0.05) is 12.2 Å². The number of carbonyl (C=O) groups excluding carboxylic acids is 4. The number of rotatable bonds is 11. The third-order valence-corrected chi connectivity index (χ3v) is 2.93. The minimum Gasteiger partial charge on any atom is -0.377 e. The van der Waals surface area contributed by atoms with Crippen molar-refractivity contribution in [2.24, 2.45) is 0 Å². The average molecular weight is 324 g/mol. The van der Waals surface area contributed by atoms with E-state index in [-0.39, 0.29) is 51.3 Å². The van der Waals surface area contributed by atoms with Gasteiger partial charge in [0.15, 0.2) is 0 Å². The Morgan fingerprint density at radius 3 is 2.30 bits per heavy atom. The first-order valence-corrected chi connectivity index (χ1v) is 7.17. The van der Waals surface area contributed by atoms with Crippen molar-refractivity contribution in [2.45, 2.75) is 6.92 Å². The van der Waals surface area contributed by atoms with Gasteiger partial charge in [-0.3, -0.25) is 29.0 Å². The van der Waals surface area contributed by atoms with Gasteiger partial charge in [0.05, 0.1) is 39.5 Å². The van der Waals surface area contributed by atoms with Crippen LogP contribution in [-0.2, 0) is 28.7 Å². The van der Waals surface area contributed by atoms with Crippen LogP contribution in [0.2, 0.25) is 0 Å². The van der Waals surface area contributed by atoms with Crippen molar-refractivity contribution >= 4 is 24.1 Å². The van der Waals surface area contributed by atoms with E-state index < -0.39 is 5.91 Å². The molecule has 0 fully saturated rings. The lowest BCUT2D eigenvalue weighted by molar-refractivity contribution is -0.138. The van der Waals surface area contributed by atoms with Crippen molar-refractivity contribution in [1.82, 2.24) is 9.80 Å². The molecule has 0 aromatic heterocycles. The van der Waals surface area contributed by atoms with Gasteiger partial charge in [0.25, 0.3) is 17.7 Å². The molecule has 0 aliphatic carbocycles. The molecule has 1 aliphatic heterocycles. The van der Waals surface area contributed by atoms with Gasteiger partial charge in [0.2, 0.25) is 6.41 Å². The third kappa shape index (κ3) is 6.54. The highest BCUT2D eigenvalue weighted by atomic mass is 16.5. The fraction of sp³-hybridized carbons (Fsp3) is 0.467. The van der Waals surface area contributed by atoms with Crippen molar-refractivity contribution in [3.8, 4) is 0 Å². The first-order valence-electron chi connectivity index (χ1n) is 7.17. The van der Waals surface area contributed by atoms with E-state index in [1.54, 1.807) is 13.0 Å². The second kappa shape index (κ2) is 10.4. The van der Waals surface area contributed by atoms with E-state index in [0.717, 1.165) is 9.80 Å². The molecule has 1 heterocycles. The molecule has 0 N–H and O–H groups in total. The molecule has 0 spiro atoms. The van der Waals surface area contributed by atoms with Gasteiger partial charge in [-0.05, 0) is 13.0 Å². The number of nitrogens with zero attached hydrogens (tertiary/aromatic N) is 2. The summed E-state index contributed by atoms with van der Waals surface area (Å²) < 4.78 is 10.5. The summed E-state index contributed by atoms with van der Waals surface area (Å²) in [5, 5.41) is 0. The molecule has 0 aromatic carbocycles. The van der Waals surface area contributed by atoms with Crippen LogP contribution in [0.15, 0.2) is 24.3 Å². The number of amides is 4. The minimum atomic E-state index is -0.393. The van der Waals surface area contributed by atoms with Crippen LogP contribution in [0.4, 0.5) is 0 Å². The monoisotopic (exact) mass is 324 g/mol. The molecule has 0 radical (unpaired) electrons. The maximum atomic E-state index is 11.4. The number of carbonyl (C=O) groups is 4. The largest absolute Gasteiger partial charge is 0.377 e. The maximum Gasteiger partial charge on any atom is 0.253 e. The summed E-state index contributed by atoms with van der Waals surface area (Å²) in [6, 6.07) is 0. The number of hydrogen-bond donors (Lipinski definition) is 0. The van der Waals surface area contributed by atoms with Gasteiger partial charge in [-0.25, -0.2) is 0 Å². The van der Waals surface area contributed by atoms with Crippen molar-refractivity contribution in [3.05, 3.63) is 24.3 Å². The highest BCUT2D eigenvalue weighted by Gasteiger charge is 2.22. The van der Waals surface area contributed by atoms with Crippen LogP contribution in [0.5, 0.6) is 0 Å². The Balaban J connectivity index is 2.03. The molecule has 1 aliphatic rings. The number of hydrogen-bond acceptors (Lipinski definition) is 6. The topological polar surface area (TPSA) is 93.2 Å². The normalized spacial score (nSPS) is 14.0. The molecule has 0 saturated carbocycles. The lowest BCUT2D eigenvalue weighted by Gasteiger charge is -2.14. The van der Waals surface area contributed by atoms with Gasteiger partial charge in [-0.15, -0.1) is 0 Å². The zero-order valence-electron chi connectivity index (χ0n) is 13.0. The van der Waals surface area contributed by atoms with E-state index in [0.29, 0.717) is 6.41 Å². The lowest BCUT2D eigenvalue weighted by atomic mass is 10.4. The first kappa shape index (κ1) is 18.7. The Kier molecular flexibility index (Phi) is 8.48. The van der Waals surface area contributed by atoms with Crippen molar-refractivity contribution in [2.75, 3.05) is 39.5 Å². The molecular formula is C15H20N2O6. The summed E-state index contributed by atoms with van der Waals surface area (Å²) >= 11 is 0. The summed E-state index contributed by atoms with van der Waals surface area (Å²) in [5.74, 6) is -1.07. The third-order valence-electron chi connectivity index (χ3n) is 2.93. The smallest absolute Gasteiger partial charge is 0.253 e. The van der Waals surface area contributed by atoms with Crippen LogP contribution >= 0.6 is 0 Å². The molecule has 126 valence electrons. The van der Waals surface area contributed by atoms with Crippen molar-refractivity contribution in [1.29, 1.82) is 0 Å². The lowest BCUT2D eigenvalue weighted by Crippen LogP contribution is -2.33. The molecule has 4 amide bonds. The fourth-order valence-electron chi connectivity index (χ4n) is 1.75. The molecule has 0 atom stereocenters. The van der Waals surface area contributed by atoms with Crippen LogP contribution in [0.1, 0.15) is 6.92 Å². The molecule has 8 heteroatoms. The second-order valence-electron chi connectivity index (χ2n) is 4.52. The van der Waals surface area contributed by atoms with Crippen LogP contribution < -0.4 is 0 Å². The van der Waals surface area contributed by atoms with Crippen LogP contribution in [-0.4, -0.2) is 73.4 Å². The average Bonchev–Trinajstić information content (AvgIpc) is 2.85. The van der Waals surface area contributed by atoms with Crippen molar-refractivity contribution in [3.63, 3.8) is 0 Å². The molecular weight excluding hydrogens is 304 g/mol. The van der Waals surface area contributed by atoms with Gasteiger partial charge < -0.3 is 9.47 Å². The Hall–Kier alpha value is -2.32. The van der Waals surface area contributed by atoms with E-state index in [1.807, 2.05) is 0 Å². The molecule has 1 rings (SSSR count). The summed E-state index contributed by atoms with van der Waals surface area (Å²) in [6.07, 6.45) is 5.75. The molecule has 8 nitrogen and oxygen atoms in total.